The zero-order valence-electron chi connectivity index (χ0n) is 37.9. The van der Waals surface area contributed by atoms with Crippen LogP contribution in [0.4, 0.5) is 0 Å². The molecule has 0 unspecified atom stereocenters. The summed E-state index contributed by atoms with van der Waals surface area (Å²) in [5, 5.41) is 4.02. The van der Waals surface area contributed by atoms with Gasteiger partial charge in [0.2, 0.25) is 11.8 Å². The number of carbonyl (C=O) groups excluding carboxylic acids is 2. The number of hydrogen-bond acceptors (Lipinski definition) is 3. The molecule has 324 valence electrons. The topological polar surface area (TPSA) is 52.7 Å². The first-order valence-corrected chi connectivity index (χ1v) is 25.0. The average Bonchev–Trinajstić information content (AvgIpc) is 3.78. The molecule has 0 atom stereocenters. The van der Waals surface area contributed by atoms with E-state index in [1.165, 1.54) is 193 Å². The van der Waals surface area contributed by atoms with Crippen LogP contribution in [0.25, 0.3) is 0 Å². The second kappa shape index (κ2) is 32.8. The minimum atomic E-state index is -0.197. The van der Waals surface area contributed by atoms with Crippen molar-refractivity contribution in [1.29, 1.82) is 0 Å². The zero-order valence-corrected chi connectivity index (χ0v) is 37.9. The van der Waals surface area contributed by atoms with Crippen molar-refractivity contribution in [2.45, 2.75) is 245 Å². The van der Waals surface area contributed by atoms with Crippen LogP contribution in [0.1, 0.15) is 239 Å². The molecule has 2 amide bonds. The molecular weight excluding hydrogens is 677 g/mol. The maximum Gasteiger partial charge on any atom is 0.222 e. The summed E-state index contributed by atoms with van der Waals surface area (Å²) in [6, 6.07) is 0. The lowest BCUT2D eigenvalue weighted by Gasteiger charge is -2.54. The Morgan fingerprint density at radius 1 is 0.473 bits per heavy atom. The number of amides is 2. The van der Waals surface area contributed by atoms with Gasteiger partial charge in [-0.2, -0.15) is 0 Å². The van der Waals surface area contributed by atoms with Gasteiger partial charge < -0.3 is 19.6 Å². The number of hydrogen-bond donors (Lipinski definition) is 1. The van der Waals surface area contributed by atoms with Crippen molar-refractivity contribution in [2.24, 2.45) is 0 Å². The van der Waals surface area contributed by atoms with Gasteiger partial charge in [0.1, 0.15) is 5.54 Å². The molecule has 2 aliphatic rings. The molecule has 2 heterocycles. The van der Waals surface area contributed by atoms with Gasteiger partial charge in [0.25, 0.3) is 0 Å². The Kier molecular flexibility index (Phi) is 29.8. The summed E-state index contributed by atoms with van der Waals surface area (Å²) in [5.74, 6) is 0.660. The van der Waals surface area contributed by atoms with Crippen LogP contribution in [0, 0.1) is 0 Å². The molecule has 1 N–H and O–H groups in total. The van der Waals surface area contributed by atoms with Crippen molar-refractivity contribution in [2.75, 3.05) is 59.4 Å². The van der Waals surface area contributed by atoms with Gasteiger partial charge in [-0.05, 0) is 51.5 Å². The number of nitrogens with one attached hydrogen (secondary N) is 1. The fraction of sp³-hybridized carbons (Fsp3) is 0.959. The second-order valence-electron chi connectivity index (χ2n) is 18.6. The van der Waals surface area contributed by atoms with E-state index in [9.17, 15) is 9.59 Å². The highest BCUT2D eigenvalue weighted by molar-refractivity contribution is 5.79. The molecule has 2 saturated heterocycles. The molecule has 6 nitrogen and oxygen atoms in total. The first-order chi connectivity index (χ1) is 26.9. The monoisotopic (exact) mass is 774 g/mol. The lowest BCUT2D eigenvalue weighted by molar-refractivity contribution is -0.957. The van der Waals surface area contributed by atoms with E-state index in [-0.39, 0.29) is 5.54 Å². The standard InChI is InChI=1S/C49H97N4O2/c1-5-8-11-14-17-20-23-26-29-32-39-50-44-49(45-51-40-35-37-47(51)54,46-52-41-36-38-48(52)55)53(4,42-33-30-27-24-21-18-15-12-9-6-2)43-34-31-28-25-22-19-16-13-10-7-3/h50H,5-46H2,1-4H3/q+1. The van der Waals surface area contributed by atoms with Crippen LogP contribution >= 0.6 is 0 Å². The number of likely N-dealkylation sites (tertiary alicyclic amines) is 2. The molecule has 2 aliphatic heterocycles. The van der Waals surface area contributed by atoms with E-state index in [1.54, 1.807) is 0 Å². The first-order valence-electron chi connectivity index (χ1n) is 25.0. The van der Waals surface area contributed by atoms with Crippen LogP contribution in [0.3, 0.4) is 0 Å². The van der Waals surface area contributed by atoms with Crippen molar-refractivity contribution in [3.63, 3.8) is 0 Å². The molecule has 0 bridgehead atoms. The minimum Gasteiger partial charge on any atom is -0.336 e. The van der Waals surface area contributed by atoms with Crippen LogP contribution in [0.2, 0.25) is 0 Å². The van der Waals surface area contributed by atoms with E-state index in [2.05, 4.69) is 42.9 Å². The van der Waals surface area contributed by atoms with E-state index < -0.39 is 0 Å². The number of unbranched alkanes of at least 4 members (excludes halogenated alkanes) is 27. The summed E-state index contributed by atoms with van der Waals surface area (Å²) in [6.45, 7) is 14.5. The summed E-state index contributed by atoms with van der Waals surface area (Å²) in [7, 11) is 2.55. The number of likely N-dealkylation sites (N-methyl/N-ethyl adjacent to an activating group) is 1. The molecular formula is C49H97N4O2+. The molecule has 0 aromatic carbocycles. The number of nitrogens with zero attached hydrogens (tertiary/aromatic N) is 3. The number of rotatable bonds is 40. The maximum atomic E-state index is 13.4. The summed E-state index contributed by atoms with van der Waals surface area (Å²) in [6.07, 6.45) is 44.0. The third-order valence-corrected chi connectivity index (χ3v) is 13.6. The lowest BCUT2D eigenvalue weighted by Crippen LogP contribution is -2.74. The van der Waals surface area contributed by atoms with Gasteiger partial charge in [-0.3, -0.25) is 9.59 Å². The SMILES string of the molecule is CCCCCCCCCCCCNCC(CN1CCCC1=O)(CN1CCCC1=O)[N+](C)(CCCCCCCCCCCC)CCCCCCCCCCCC. The Labute approximate surface area is 344 Å². The average molecular weight is 774 g/mol. The molecule has 2 rings (SSSR count). The Bertz CT molecular complexity index is 873. The first kappa shape index (κ1) is 50.0. The van der Waals surface area contributed by atoms with Crippen molar-refractivity contribution < 1.29 is 14.1 Å². The largest absolute Gasteiger partial charge is 0.336 e. The molecule has 6 heteroatoms. The van der Waals surface area contributed by atoms with Crippen molar-refractivity contribution >= 4 is 11.8 Å². The summed E-state index contributed by atoms with van der Waals surface area (Å²) in [5.41, 5.74) is -0.197. The highest BCUT2D eigenvalue weighted by Crippen LogP contribution is 2.32. The van der Waals surface area contributed by atoms with E-state index in [0.717, 1.165) is 69.7 Å². The quantitative estimate of drug-likeness (QED) is 0.0498. The highest BCUT2D eigenvalue weighted by atomic mass is 16.2. The van der Waals surface area contributed by atoms with Crippen LogP contribution in [0.5, 0.6) is 0 Å². The van der Waals surface area contributed by atoms with Gasteiger partial charge >= 0.3 is 0 Å². The third-order valence-electron chi connectivity index (χ3n) is 13.6. The summed E-state index contributed by atoms with van der Waals surface area (Å²) < 4.78 is 0.986. The maximum absolute atomic E-state index is 13.4. The lowest BCUT2D eigenvalue weighted by atomic mass is 9.89. The zero-order chi connectivity index (χ0) is 39.7. The number of carbonyl (C=O) groups is 2. The van der Waals surface area contributed by atoms with E-state index >= 15 is 0 Å². The molecule has 0 aromatic heterocycles. The molecule has 2 fully saturated rings. The molecule has 0 aromatic rings. The smallest absolute Gasteiger partial charge is 0.222 e. The van der Waals surface area contributed by atoms with Crippen molar-refractivity contribution in [3.8, 4) is 0 Å². The second-order valence-corrected chi connectivity index (χ2v) is 18.6. The van der Waals surface area contributed by atoms with E-state index in [1.807, 2.05) is 0 Å². The Morgan fingerprint density at radius 2 is 0.782 bits per heavy atom. The third kappa shape index (κ3) is 22.0. The van der Waals surface area contributed by atoms with Gasteiger partial charge in [0, 0.05) is 25.9 Å². The Hall–Kier alpha value is -1.14. The predicted octanol–water partition coefficient (Wildman–Crippen LogP) is 12.8. The Balaban J connectivity index is 2.14. The van der Waals surface area contributed by atoms with Crippen molar-refractivity contribution in [3.05, 3.63) is 0 Å². The van der Waals surface area contributed by atoms with Gasteiger partial charge in [0.05, 0.1) is 39.8 Å². The van der Waals surface area contributed by atoms with E-state index in [4.69, 9.17) is 0 Å². The Morgan fingerprint density at radius 3 is 1.09 bits per heavy atom. The van der Waals surface area contributed by atoms with Crippen molar-refractivity contribution in [1.82, 2.24) is 15.1 Å². The normalized spacial score (nSPS) is 15.3. The molecule has 0 spiro atoms. The van der Waals surface area contributed by atoms with Crippen LogP contribution in [-0.4, -0.2) is 91.0 Å². The fourth-order valence-corrected chi connectivity index (χ4v) is 9.69. The van der Waals surface area contributed by atoms with Gasteiger partial charge in [-0.15, -0.1) is 0 Å². The van der Waals surface area contributed by atoms with Crippen LogP contribution < -0.4 is 5.32 Å². The van der Waals surface area contributed by atoms with Gasteiger partial charge in [-0.1, -0.05) is 181 Å². The molecule has 0 aliphatic carbocycles. The minimum absolute atomic E-state index is 0.197. The van der Waals surface area contributed by atoms with Crippen LogP contribution in [0.15, 0.2) is 0 Å². The van der Waals surface area contributed by atoms with E-state index in [0.29, 0.717) is 24.7 Å². The fourth-order valence-electron chi connectivity index (χ4n) is 9.69. The number of quaternary nitrogens is 1. The molecule has 0 saturated carbocycles. The van der Waals surface area contributed by atoms with Crippen LogP contribution in [-0.2, 0) is 9.59 Å². The van der Waals surface area contributed by atoms with Gasteiger partial charge in [-0.25, -0.2) is 0 Å². The molecule has 0 radical (unpaired) electrons. The van der Waals surface area contributed by atoms with Gasteiger partial charge in [0.15, 0.2) is 0 Å². The summed E-state index contributed by atoms with van der Waals surface area (Å²) >= 11 is 0. The summed E-state index contributed by atoms with van der Waals surface area (Å²) in [4.78, 5) is 31.1. The predicted molar refractivity (Wildman–Crippen MR) is 239 cm³/mol. The molecule has 55 heavy (non-hydrogen) atoms. The highest BCUT2D eigenvalue weighted by Gasteiger charge is 2.51.